The molecule has 0 aliphatic rings. The molecule has 6 heteroatoms. The van der Waals surface area contributed by atoms with Crippen LogP contribution in [0.4, 0.5) is 4.39 Å². The molecule has 2 aromatic rings. The molecule has 0 atom stereocenters. The van der Waals surface area contributed by atoms with E-state index in [9.17, 15) is 12.8 Å². The van der Waals surface area contributed by atoms with Crippen LogP contribution < -0.4 is 4.18 Å². The van der Waals surface area contributed by atoms with Crippen LogP contribution in [0.5, 0.6) is 5.88 Å². The largest absolute Gasteiger partial charge is 0.355 e. The monoisotopic (exact) mass is 267 g/mol. The minimum atomic E-state index is -4.06. The molecule has 0 amide bonds. The Morgan fingerprint density at radius 2 is 1.83 bits per heavy atom. The maximum Gasteiger partial charge on any atom is 0.340 e. The molecule has 1 aromatic heterocycles. The Morgan fingerprint density at radius 3 is 2.44 bits per heavy atom. The maximum absolute atomic E-state index is 13.2. The van der Waals surface area contributed by atoms with Gasteiger partial charge in [-0.1, -0.05) is 17.7 Å². The Hall–Kier alpha value is -1.95. The summed E-state index contributed by atoms with van der Waals surface area (Å²) in [4.78, 5) is 3.49. The second-order valence-electron chi connectivity index (χ2n) is 3.64. The quantitative estimate of drug-likeness (QED) is 0.801. The van der Waals surface area contributed by atoms with E-state index in [0.29, 0.717) is 0 Å². The smallest absolute Gasteiger partial charge is 0.340 e. The molecule has 0 N–H and O–H groups in total. The third-order valence-electron chi connectivity index (χ3n) is 2.22. The van der Waals surface area contributed by atoms with Crippen LogP contribution >= 0.6 is 0 Å². The Morgan fingerprint density at radius 1 is 1.17 bits per heavy atom. The number of nitrogens with zero attached hydrogens (tertiary/aromatic N) is 1. The molecule has 0 aliphatic heterocycles. The van der Waals surface area contributed by atoms with Crippen LogP contribution in [0, 0.1) is 12.7 Å². The highest BCUT2D eigenvalue weighted by Crippen LogP contribution is 2.19. The molecule has 0 spiro atoms. The third-order valence-corrected chi connectivity index (χ3v) is 3.45. The van der Waals surface area contributed by atoms with Crippen LogP contribution in [0.3, 0.4) is 0 Å². The zero-order valence-corrected chi connectivity index (χ0v) is 10.3. The van der Waals surface area contributed by atoms with E-state index < -0.39 is 21.8 Å². The first-order chi connectivity index (χ1) is 8.49. The van der Waals surface area contributed by atoms with Gasteiger partial charge in [-0.15, -0.1) is 0 Å². The van der Waals surface area contributed by atoms with Crippen molar-refractivity contribution in [2.45, 2.75) is 11.8 Å². The molecule has 0 fully saturated rings. The molecule has 0 radical (unpaired) electrons. The van der Waals surface area contributed by atoms with Gasteiger partial charge in [0.25, 0.3) is 5.88 Å². The second kappa shape index (κ2) is 4.73. The lowest BCUT2D eigenvalue weighted by atomic mass is 10.2. The van der Waals surface area contributed by atoms with E-state index in [-0.39, 0.29) is 4.90 Å². The summed E-state index contributed by atoms with van der Waals surface area (Å²) in [6.07, 6.45) is 1.25. The summed E-state index contributed by atoms with van der Waals surface area (Å²) in [5.74, 6) is -1.38. The van der Waals surface area contributed by atoms with Crippen LogP contribution in [0.15, 0.2) is 47.5 Å². The van der Waals surface area contributed by atoms with E-state index >= 15 is 0 Å². The topological polar surface area (TPSA) is 56.3 Å². The predicted molar refractivity (Wildman–Crippen MR) is 63.2 cm³/mol. The molecule has 94 valence electrons. The van der Waals surface area contributed by atoms with E-state index in [4.69, 9.17) is 0 Å². The van der Waals surface area contributed by atoms with Crippen molar-refractivity contribution in [3.8, 4) is 5.88 Å². The molecule has 4 nitrogen and oxygen atoms in total. The summed E-state index contributed by atoms with van der Waals surface area (Å²) >= 11 is 0. The van der Waals surface area contributed by atoms with Gasteiger partial charge in [0.1, 0.15) is 4.90 Å². The first kappa shape index (κ1) is 12.5. The van der Waals surface area contributed by atoms with Crippen molar-refractivity contribution in [3.05, 3.63) is 54.0 Å². The first-order valence-electron chi connectivity index (χ1n) is 5.11. The van der Waals surface area contributed by atoms with Crippen molar-refractivity contribution in [2.75, 3.05) is 0 Å². The van der Waals surface area contributed by atoms with E-state index in [0.717, 1.165) is 11.6 Å². The van der Waals surface area contributed by atoms with Gasteiger partial charge in [0, 0.05) is 6.20 Å². The van der Waals surface area contributed by atoms with Crippen molar-refractivity contribution in [3.63, 3.8) is 0 Å². The van der Waals surface area contributed by atoms with Gasteiger partial charge in [-0.05, 0) is 31.2 Å². The highest BCUT2D eigenvalue weighted by molar-refractivity contribution is 7.87. The van der Waals surface area contributed by atoms with Crippen molar-refractivity contribution < 1.29 is 17.0 Å². The van der Waals surface area contributed by atoms with Crippen LogP contribution in [0.25, 0.3) is 0 Å². The fourth-order valence-corrected chi connectivity index (χ4v) is 2.19. The summed E-state index contributed by atoms with van der Waals surface area (Å²) < 4.78 is 41.6. The molecule has 0 aliphatic carbocycles. The summed E-state index contributed by atoms with van der Waals surface area (Å²) in [5, 5.41) is 0. The third kappa shape index (κ3) is 2.65. The van der Waals surface area contributed by atoms with Gasteiger partial charge in [-0.25, -0.2) is 9.37 Å². The molecule has 18 heavy (non-hydrogen) atoms. The number of pyridine rings is 1. The standard InChI is InChI=1S/C12H10FNO3S/c1-9-4-6-10(7-5-9)18(15,16)17-12-11(13)3-2-8-14-12/h2-8H,1H3. The van der Waals surface area contributed by atoms with E-state index in [1.165, 1.54) is 24.4 Å². The molecular formula is C12H10FNO3S. The number of aryl methyl sites for hydroxylation is 1. The highest BCUT2D eigenvalue weighted by Gasteiger charge is 2.19. The molecule has 0 unspecified atom stereocenters. The molecule has 0 bridgehead atoms. The lowest BCUT2D eigenvalue weighted by Gasteiger charge is -2.06. The van der Waals surface area contributed by atoms with Gasteiger partial charge in [0.05, 0.1) is 0 Å². The summed E-state index contributed by atoms with van der Waals surface area (Å²) in [6.45, 7) is 1.83. The second-order valence-corrected chi connectivity index (χ2v) is 5.19. The van der Waals surface area contributed by atoms with Gasteiger partial charge < -0.3 is 4.18 Å². The van der Waals surface area contributed by atoms with Gasteiger partial charge >= 0.3 is 10.1 Å². The Balaban J connectivity index is 2.33. The van der Waals surface area contributed by atoms with E-state index in [1.54, 1.807) is 12.1 Å². The van der Waals surface area contributed by atoms with Crippen LogP contribution in [-0.4, -0.2) is 13.4 Å². The average molecular weight is 267 g/mol. The fraction of sp³-hybridized carbons (Fsp3) is 0.0833. The SMILES string of the molecule is Cc1ccc(S(=O)(=O)Oc2ncccc2F)cc1. The Labute approximate surface area is 104 Å². The zero-order valence-electron chi connectivity index (χ0n) is 9.50. The molecule has 1 aromatic carbocycles. The summed E-state index contributed by atoms with van der Waals surface area (Å²) in [7, 11) is -4.06. The summed E-state index contributed by atoms with van der Waals surface area (Å²) in [5.41, 5.74) is 0.915. The highest BCUT2D eigenvalue weighted by atomic mass is 32.2. The van der Waals surface area contributed by atoms with Gasteiger partial charge in [0.2, 0.25) is 0 Å². The van der Waals surface area contributed by atoms with Gasteiger partial charge in [-0.3, -0.25) is 0 Å². The minimum Gasteiger partial charge on any atom is -0.355 e. The number of aromatic nitrogens is 1. The number of hydrogen-bond donors (Lipinski definition) is 0. The van der Waals surface area contributed by atoms with Gasteiger partial charge in [-0.2, -0.15) is 8.42 Å². The predicted octanol–water partition coefficient (Wildman–Crippen LogP) is 2.30. The lowest BCUT2D eigenvalue weighted by Crippen LogP contribution is -2.11. The number of benzene rings is 1. The molecular weight excluding hydrogens is 257 g/mol. The lowest BCUT2D eigenvalue weighted by molar-refractivity contribution is 0.448. The normalized spacial score (nSPS) is 11.2. The van der Waals surface area contributed by atoms with E-state index in [2.05, 4.69) is 9.17 Å². The Bertz CT molecular complexity index is 653. The van der Waals surface area contributed by atoms with Gasteiger partial charge in [0.15, 0.2) is 5.82 Å². The summed E-state index contributed by atoms with van der Waals surface area (Å²) in [6, 6.07) is 8.47. The fourth-order valence-electron chi connectivity index (χ4n) is 1.29. The number of hydrogen-bond acceptors (Lipinski definition) is 4. The average Bonchev–Trinajstić information content (AvgIpc) is 2.32. The van der Waals surface area contributed by atoms with Crippen molar-refractivity contribution >= 4 is 10.1 Å². The Kier molecular flexibility index (Phi) is 3.29. The number of halogens is 1. The first-order valence-corrected chi connectivity index (χ1v) is 6.51. The van der Waals surface area contributed by atoms with Crippen LogP contribution in [0.2, 0.25) is 0 Å². The minimum absolute atomic E-state index is 0.0434. The van der Waals surface area contributed by atoms with Crippen LogP contribution in [0.1, 0.15) is 5.56 Å². The van der Waals surface area contributed by atoms with Crippen molar-refractivity contribution in [2.24, 2.45) is 0 Å². The van der Waals surface area contributed by atoms with Crippen molar-refractivity contribution in [1.82, 2.24) is 4.98 Å². The maximum atomic E-state index is 13.2. The van der Waals surface area contributed by atoms with E-state index in [1.807, 2.05) is 6.92 Å². The van der Waals surface area contributed by atoms with Crippen LogP contribution in [-0.2, 0) is 10.1 Å². The van der Waals surface area contributed by atoms with Crippen molar-refractivity contribution in [1.29, 1.82) is 0 Å². The number of rotatable bonds is 3. The molecule has 0 saturated carbocycles. The molecule has 1 heterocycles. The molecule has 2 rings (SSSR count). The zero-order chi connectivity index (χ0) is 13.2. The molecule has 0 saturated heterocycles.